The van der Waals surface area contributed by atoms with Crippen LogP contribution in [0.4, 0.5) is 0 Å². The monoisotopic (exact) mass is 253 g/mol. The maximum Gasteiger partial charge on any atom is 0.186 e. The van der Waals surface area contributed by atoms with Crippen molar-refractivity contribution in [2.45, 2.75) is 20.0 Å². The highest BCUT2D eigenvalue weighted by molar-refractivity contribution is 9.10. The van der Waals surface area contributed by atoms with Gasteiger partial charge in [-0.25, -0.2) is 0 Å². The molecular formula is C11H12BrNO. The molecule has 0 heterocycles. The molecule has 1 aromatic rings. The molecule has 74 valence electrons. The third-order valence-electron chi connectivity index (χ3n) is 1.81. The van der Waals surface area contributed by atoms with E-state index in [1.54, 1.807) is 0 Å². The molecule has 0 amide bonds. The van der Waals surface area contributed by atoms with Crippen LogP contribution in [0.5, 0.6) is 5.75 Å². The highest BCUT2D eigenvalue weighted by atomic mass is 79.9. The third-order valence-corrected chi connectivity index (χ3v) is 2.34. The highest BCUT2D eigenvalue weighted by Gasteiger charge is 2.13. The minimum Gasteiger partial charge on any atom is -0.475 e. The molecule has 0 N–H and O–H groups in total. The van der Waals surface area contributed by atoms with Gasteiger partial charge in [-0.15, -0.1) is 0 Å². The molecule has 14 heavy (non-hydrogen) atoms. The van der Waals surface area contributed by atoms with Crippen LogP contribution in [0.3, 0.4) is 0 Å². The van der Waals surface area contributed by atoms with Gasteiger partial charge < -0.3 is 4.74 Å². The van der Waals surface area contributed by atoms with E-state index in [0.717, 1.165) is 10.2 Å². The van der Waals surface area contributed by atoms with Gasteiger partial charge in [0.25, 0.3) is 0 Å². The molecule has 0 fully saturated rings. The summed E-state index contributed by atoms with van der Waals surface area (Å²) in [5.41, 5.74) is 0. The summed E-state index contributed by atoms with van der Waals surface area (Å²) in [6.07, 6.45) is -0.379. The van der Waals surface area contributed by atoms with Gasteiger partial charge >= 0.3 is 0 Å². The molecule has 2 nitrogen and oxygen atoms in total. The lowest BCUT2D eigenvalue weighted by Crippen LogP contribution is -2.20. The van der Waals surface area contributed by atoms with Crippen LogP contribution in [0, 0.1) is 17.2 Å². The molecule has 1 rings (SSSR count). The summed E-state index contributed by atoms with van der Waals surface area (Å²) in [6, 6.07) is 9.60. The average Bonchev–Trinajstić information content (AvgIpc) is 2.16. The normalized spacial score (nSPS) is 12.2. The van der Waals surface area contributed by atoms with E-state index in [0.29, 0.717) is 0 Å². The van der Waals surface area contributed by atoms with E-state index < -0.39 is 0 Å². The zero-order valence-electron chi connectivity index (χ0n) is 8.20. The Hall–Kier alpha value is -1.01. The molecule has 0 bridgehead atoms. The summed E-state index contributed by atoms with van der Waals surface area (Å²) in [7, 11) is 0. The van der Waals surface area contributed by atoms with Gasteiger partial charge in [0.1, 0.15) is 11.8 Å². The molecule has 0 aliphatic rings. The molecular weight excluding hydrogens is 242 g/mol. The minimum absolute atomic E-state index is 0.198. The van der Waals surface area contributed by atoms with Gasteiger partial charge in [0.2, 0.25) is 0 Å². The summed E-state index contributed by atoms with van der Waals surface area (Å²) in [5, 5.41) is 8.83. The number of nitrogens with zero attached hydrogens (tertiary/aromatic N) is 1. The summed E-state index contributed by atoms with van der Waals surface area (Å²) >= 11 is 3.34. The first kappa shape index (κ1) is 11.1. The fourth-order valence-electron chi connectivity index (χ4n) is 0.971. The van der Waals surface area contributed by atoms with Crippen LogP contribution in [0.25, 0.3) is 0 Å². The first-order chi connectivity index (χ1) is 6.63. The first-order valence-corrected chi connectivity index (χ1v) is 5.24. The summed E-state index contributed by atoms with van der Waals surface area (Å²) < 4.78 is 6.50. The second-order valence-electron chi connectivity index (χ2n) is 3.37. The molecule has 0 aliphatic carbocycles. The van der Waals surface area contributed by atoms with Crippen LogP contribution in [-0.2, 0) is 0 Å². The number of halogens is 1. The van der Waals surface area contributed by atoms with Crippen molar-refractivity contribution >= 4 is 15.9 Å². The number of rotatable bonds is 3. The molecule has 1 aromatic carbocycles. The zero-order valence-corrected chi connectivity index (χ0v) is 9.78. The fraction of sp³-hybridized carbons (Fsp3) is 0.364. The maximum absolute atomic E-state index is 8.83. The summed E-state index contributed by atoms with van der Waals surface area (Å²) in [5.74, 6) is 0.928. The Morgan fingerprint density at radius 1 is 1.29 bits per heavy atom. The zero-order chi connectivity index (χ0) is 10.6. The third kappa shape index (κ3) is 3.04. The van der Waals surface area contributed by atoms with Crippen molar-refractivity contribution in [1.29, 1.82) is 5.26 Å². The molecule has 0 saturated carbocycles. The maximum atomic E-state index is 8.83. The van der Waals surface area contributed by atoms with E-state index in [2.05, 4.69) is 22.0 Å². The molecule has 3 heteroatoms. The van der Waals surface area contributed by atoms with Crippen LogP contribution < -0.4 is 4.74 Å². The lowest BCUT2D eigenvalue weighted by molar-refractivity contribution is 0.204. The van der Waals surface area contributed by atoms with E-state index >= 15 is 0 Å². The molecule has 0 unspecified atom stereocenters. The van der Waals surface area contributed by atoms with Gasteiger partial charge in [0, 0.05) is 10.4 Å². The van der Waals surface area contributed by atoms with Gasteiger partial charge in [0.15, 0.2) is 6.10 Å². The molecule has 0 radical (unpaired) electrons. The van der Waals surface area contributed by atoms with Gasteiger partial charge in [-0.3, -0.25) is 0 Å². The van der Waals surface area contributed by atoms with Crippen molar-refractivity contribution in [3.05, 3.63) is 28.7 Å². The predicted molar refractivity (Wildman–Crippen MR) is 59.0 cm³/mol. The molecule has 1 atom stereocenters. The Kier molecular flexibility index (Phi) is 3.97. The second-order valence-corrected chi connectivity index (χ2v) is 4.28. The molecule has 0 saturated heterocycles. The topological polar surface area (TPSA) is 33.0 Å². The predicted octanol–water partition coefficient (Wildman–Crippen LogP) is 3.38. The van der Waals surface area contributed by atoms with Crippen molar-refractivity contribution in [2.75, 3.05) is 0 Å². The van der Waals surface area contributed by atoms with Gasteiger partial charge in [0.05, 0.1) is 0 Å². The lowest BCUT2D eigenvalue weighted by atomic mass is 10.1. The Morgan fingerprint density at radius 2 is 1.86 bits per heavy atom. The van der Waals surface area contributed by atoms with E-state index in [-0.39, 0.29) is 12.0 Å². The van der Waals surface area contributed by atoms with Crippen molar-refractivity contribution in [1.82, 2.24) is 0 Å². The number of hydrogen-bond donors (Lipinski definition) is 0. The van der Waals surface area contributed by atoms with Crippen LogP contribution in [0.15, 0.2) is 28.7 Å². The second kappa shape index (κ2) is 5.02. The number of ether oxygens (including phenoxy) is 1. The highest BCUT2D eigenvalue weighted by Crippen LogP contribution is 2.18. The Morgan fingerprint density at radius 3 is 2.29 bits per heavy atom. The van der Waals surface area contributed by atoms with E-state index in [9.17, 15) is 0 Å². The number of benzene rings is 1. The van der Waals surface area contributed by atoms with Crippen molar-refractivity contribution < 1.29 is 4.74 Å². The van der Waals surface area contributed by atoms with Gasteiger partial charge in [-0.1, -0.05) is 29.8 Å². The number of nitriles is 1. The van der Waals surface area contributed by atoms with Crippen molar-refractivity contribution in [3.63, 3.8) is 0 Å². The van der Waals surface area contributed by atoms with E-state index in [1.807, 2.05) is 38.1 Å². The minimum atomic E-state index is -0.379. The van der Waals surface area contributed by atoms with Crippen LogP contribution in [0.2, 0.25) is 0 Å². The largest absolute Gasteiger partial charge is 0.475 e. The van der Waals surface area contributed by atoms with Crippen molar-refractivity contribution in [2.24, 2.45) is 5.92 Å². The molecule has 0 aromatic heterocycles. The number of hydrogen-bond acceptors (Lipinski definition) is 2. The van der Waals surface area contributed by atoms with Crippen LogP contribution in [0.1, 0.15) is 13.8 Å². The van der Waals surface area contributed by atoms with Gasteiger partial charge in [-0.2, -0.15) is 5.26 Å². The average molecular weight is 254 g/mol. The first-order valence-electron chi connectivity index (χ1n) is 4.45. The standard InChI is InChI=1S/C11H12BrNO/c1-8(2)11(7-13)14-10-5-3-9(12)4-6-10/h3-6,8,11H,1-2H3/t11-/m0/s1. The van der Waals surface area contributed by atoms with Crippen LogP contribution in [-0.4, -0.2) is 6.10 Å². The smallest absolute Gasteiger partial charge is 0.186 e. The van der Waals surface area contributed by atoms with Crippen LogP contribution >= 0.6 is 15.9 Å². The van der Waals surface area contributed by atoms with E-state index in [4.69, 9.17) is 10.00 Å². The summed E-state index contributed by atoms with van der Waals surface area (Å²) in [6.45, 7) is 3.93. The Labute approximate surface area is 92.6 Å². The SMILES string of the molecule is CC(C)[C@H](C#N)Oc1ccc(Br)cc1. The van der Waals surface area contributed by atoms with E-state index in [1.165, 1.54) is 0 Å². The van der Waals surface area contributed by atoms with Crippen molar-refractivity contribution in [3.8, 4) is 11.8 Å². The Balaban J connectivity index is 2.69. The molecule has 0 aliphatic heterocycles. The molecule has 0 spiro atoms. The Bertz CT molecular complexity index is 326. The quantitative estimate of drug-likeness (QED) is 0.828. The lowest BCUT2D eigenvalue weighted by Gasteiger charge is -2.15. The van der Waals surface area contributed by atoms with Gasteiger partial charge in [-0.05, 0) is 24.3 Å². The summed E-state index contributed by atoms with van der Waals surface area (Å²) in [4.78, 5) is 0. The fourth-order valence-corrected chi connectivity index (χ4v) is 1.24.